The number of carbonyl (C=O) groups is 2. The van der Waals surface area contributed by atoms with E-state index in [1.807, 2.05) is 6.20 Å². The molecule has 1 unspecified atom stereocenters. The van der Waals surface area contributed by atoms with Gasteiger partial charge in [0, 0.05) is 38.9 Å². The molecule has 2 aliphatic rings. The zero-order valence-electron chi connectivity index (χ0n) is 18.0. The van der Waals surface area contributed by atoms with Crippen LogP contribution in [-0.2, 0) is 23.9 Å². The number of imidazole rings is 1. The number of nitrogens with zero attached hydrogens (tertiary/aromatic N) is 4. The molecule has 2 amide bonds. The molecule has 4 rings (SSSR count). The van der Waals surface area contributed by atoms with Crippen LogP contribution >= 0.6 is 0 Å². The highest BCUT2D eigenvalue weighted by Gasteiger charge is 2.37. The van der Waals surface area contributed by atoms with Crippen LogP contribution in [0.4, 0.5) is 23.9 Å². The third-order valence-electron chi connectivity index (χ3n) is 6.02. The number of carbonyl (C=O) groups excluding carboxylic acids is 1. The molecule has 1 saturated heterocycles. The SMILES string of the molecule is O=C(O)CC(c1cccc(C(F)(F)F)c1)N1CCN(CCCc2cn3c(n2)NCCC3)C1=O. The fraction of sp³-hybridized carbons (Fsp3) is 0.500. The highest BCUT2D eigenvalue weighted by atomic mass is 19.4. The zero-order chi connectivity index (χ0) is 23.6. The molecule has 0 bridgehead atoms. The lowest BCUT2D eigenvalue weighted by Gasteiger charge is -2.28. The molecule has 2 aliphatic heterocycles. The molecular weight excluding hydrogens is 439 g/mol. The molecule has 1 atom stereocenters. The van der Waals surface area contributed by atoms with Crippen molar-refractivity contribution in [2.24, 2.45) is 0 Å². The summed E-state index contributed by atoms with van der Waals surface area (Å²) in [5.74, 6) is -0.321. The van der Waals surface area contributed by atoms with E-state index in [4.69, 9.17) is 0 Å². The smallest absolute Gasteiger partial charge is 0.416 e. The van der Waals surface area contributed by atoms with E-state index < -0.39 is 30.2 Å². The summed E-state index contributed by atoms with van der Waals surface area (Å²) in [4.78, 5) is 32.0. The highest BCUT2D eigenvalue weighted by molar-refractivity contribution is 5.78. The molecule has 3 heterocycles. The minimum Gasteiger partial charge on any atom is -0.481 e. The number of aromatic nitrogens is 2. The molecular formula is C22H26F3N5O3. The van der Waals surface area contributed by atoms with Gasteiger partial charge in [0.25, 0.3) is 0 Å². The van der Waals surface area contributed by atoms with Gasteiger partial charge in [-0.2, -0.15) is 13.2 Å². The zero-order valence-corrected chi connectivity index (χ0v) is 18.0. The van der Waals surface area contributed by atoms with Crippen LogP contribution in [-0.4, -0.2) is 62.6 Å². The number of hydrogen-bond donors (Lipinski definition) is 2. The van der Waals surface area contributed by atoms with Crippen LogP contribution in [0.1, 0.15) is 42.1 Å². The molecule has 1 aromatic heterocycles. The Labute approximate surface area is 189 Å². The van der Waals surface area contributed by atoms with Crippen molar-refractivity contribution in [1.29, 1.82) is 0 Å². The van der Waals surface area contributed by atoms with E-state index in [0.29, 0.717) is 25.9 Å². The van der Waals surface area contributed by atoms with E-state index in [9.17, 15) is 27.9 Å². The number of aryl methyl sites for hydroxylation is 2. The molecule has 178 valence electrons. The van der Waals surface area contributed by atoms with Crippen molar-refractivity contribution >= 4 is 17.9 Å². The number of fused-ring (bicyclic) bond motifs is 1. The summed E-state index contributed by atoms with van der Waals surface area (Å²) >= 11 is 0. The summed E-state index contributed by atoms with van der Waals surface area (Å²) in [6, 6.07) is 3.22. The summed E-state index contributed by atoms with van der Waals surface area (Å²) in [7, 11) is 0. The summed E-state index contributed by atoms with van der Waals surface area (Å²) in [6.45, 7) is 2.95. The second kappa shape index (κ2) is 9.32. The van der Waals surface area contributed by atoms with Crippen LogP contribution in [0, 0.1) is 0 Å². The van der Waals surface area contributed by atoms with E-state index in [-0.39, 0.29) is 18.1 Å². The standard InChI is InChI=1S/C22H26F3N5O3/c23-22(24,25)16-5-1-4-15(12-16)18(13-19(31)32)30-11-10-28(21(30)33)8-2-6-17-14-29-9-3-7-26-20(29)27-17/h1,4-5,12,14,18H,2-3,6-11,13H2,(H,26,27)(H,31,32). The topological polar surface area (TPSA) is 90.7 Å². The number of nitrogens with one attached hydrogen (secondary N) is 1. The number of alkyl halides is 3. The van der Waals surface area contributed by atoms with Crippen LogP contribution in [0.2, 0.25) is 0 Å². The van der Waals surface area contributed by atoms with Gasteiger partial charge in [0.05, 0.1) is 23.7 Å². The van der Waals surface area contributed by atoms with Crippen molar-refractivity contribution in [1.82, 2.24) is 19.4 Å². The van der Waals surface area contributed by atoms with Gasteiger partial charge in [0.15, 0.2) is 0 Å². The molecule has 2 aromatic rings. The average Bonchev–Trinajstić information content (AvgIpc) is 3.34. The minimum absolute atomic E-state index is 0.165. The summed E-state index contributed by atoms with van der Waals surface area (Å²) in [6.07, 6.45) is -0.581. The first-order chi connectivity index (χ1) is 15.7. The fourth-order valence-electron chi connectivity index (χ4n) is 4.40. The van der Waals surface area contributed by atoms with Crippen molar-refractivity contribution in [3.63, 3.8) is 0 Å². The molecule has 8 nitrogen and oxygen atoms in total. The predicted molar refractivity (Wildman–Crippen MR) is 114 cm³/mol. The average molecular weight is 465 g/mol. The molecule has 2 N–H and O–H groups in total. The predicted octanol–water partition coefficient (Wildman–Crippen LogP) is 3.60. The van der Waals surface area contributed by atoms with Gasteiger partial charge in [0.1, 0.15) is 0 Å². The number of carboxylic acid groups (broad SMARTS) is 1. The van der Waals surface area contributed by atoms with Crippen molar-refractivity contribution in [3.05, 3.63) is 47.3 Å². The van der Waals surface area contributed by atoms with Gasteiger partial charge in [-0.1, -0.05) is 12.1 Å². The Morgan fingerprint density at radius 2 is 2.06 bits per heavy atom. The van der Waals surface area contributed by atoms with E-state index >= 15 is 0 Å². The van der Waals surface area contributed by atoms with Gasteiger partial charge in [-0.05, 0) is 37.0 Å². The summed E-state index contributed by atoms with van der Waals surface area (Å²) in [5, 5.41) is 12.6. The van der Waals surface area contributed by atoms with Crippen molar-refractivity contribution in [3.8, 4) is 0 Å². The minimum atomic E-state index is -4.55. The third-order valence-corrected chi connectivity index (χ3v) is 6.02. The van der Waals surface area contributed by atoms with Gasteiger partial charge >= 0.3 is 18.2 Å². The van der Waals surface area contributed by atoms with Crippen molar-refractivity contribution in [2.75, 3.05) is 31.5 Å². The largest absolute Gasteiger partial charge is 0.481 e. The van der Waals surface area contributed by atoms with Crippen molar-refractivity contribution in [2.45, 2.75) is 44.4 Å². The Morgan fingerprint density at radius 1 is 1.24 bits per heavy atom. The summed E-state index contributed by atoms with van der Waals surface area (Å²) in [5.41, 5.74) is 0.241. The monoisotopic (exact) mass is 465 g/mol. The first-order valence-corrected chi connectivity index (χ1v) is 11.0. The number of hydrogen-bond acceptors (Lipinski definition) is 4. The van der Waals surface area contributed by atoms with Gasteiger partial charge in [-0.15, -0.1) is 0 Å². The molecule has 0 spiro atoms. The van der Waals surface area contributed by atoms with Crippen LogP contribution < -0.4 is 5.32 Å². The lowest BCUT2D eigenvalue weighted by atomic mass is 10.00. The molecule has 33 heavy (non-hydrogen) atoms. The van der Waals surface area contributed by atoms with Crippen LogP contribution in [0.5, 0.6) is 0 Å². The van der Waals surface area contributed by atoms with E-state index in [0.717, 1.165) is 43.3 Å². The Morgan fingerprint density at radius 3 is 2.79 bits per heavy atom. The first kappa shape index (κ1) is 22.9. The van der Waals surface area contributed by atoms with Gasteiger partial charge in [-0.3, -0.25) is 4.79 Å². The van der Waals surface area contributed by atoms with Crippen LogP contribution in [0.25, 0.3) is 0 Å². The van der Waals surface area contributed by atoms with Crippen LogP contribution in [0.3, 0.4) is 0 Å². The second-order valence-electron chi connectivity index (χ2n) is 8.33. The molecule has 1 fully saturated rings. The second-order valence-corrected chi connectivity index (χ2v) is 8.33. The lowest BCUT2D eigenvalue weighted by Crippen LogP contribution is -2.36. The number of amides is 2. The van der Waals surface area contributed by atoms with Gasteiger partial charge in [0.2, 0.25) is 5.95 Å². The van der Waals surface area contributed by atoms with E-state index in [1.54, 1.807) is 4.90 Å². The number of rotatable bonds is 8. The van der Waals surface area contributed by atoms with Gasteiger partial charge in [-0.25, -0.2) is 9.78 Å². The van der Waals surface area contributed by atoms with E-state index in [1.165, 1.54) is 17.0 Å². The van der Waals surface area contributed by atoms with Crippen molar-refractivity contribution < 1.29 is 27.9 Å². The number of benzene rings is 1. The quantitative estimate of drug-likeness (QED) is 0.622. The Kier molecular flexibility index (Phi) is 6.48. The maximum atomic E-state index is 13.1. The van der Waals surface area contributed by atoms with E-state index in [2.05, 4.69) is 14.9 Å². The fourth-order valence-corrected chi connectivity index (χ4v) is 4.40. The third kappa shape index (κ3) is 5.23. The maximum absolute atomic E-state index is 13.1. The number of halogens is 3. The summed E-state index contributed by atoms with van der Waals surface area (Å²) < 4.78 is 41.5. The number of anilines is 1. The molecule has 11 heteroatoms. The normalized spacial score (nSPS) is 17.1. The molecule has 1 aromatic carbocycles. The lowest BCUT2D eigenvalue weighted by molar-refractivity contribution is -0.138. The maximum Gasteiger partial charge on any atom is 0.416 e. The molecule has 0 aliphatic carbocycles. The highest BCUT2D eigenvalue weighted by Crippen LogP contribution is 2.34. The number of urea groups is 1. The Balaban J connectivity index is 1.41. The van der Waals surface area contributed by atoms with Crippen LogP contribution in [0.15, 0.2) is 30.5 Å². The molecule has 0 radical (unpaired) electrons. The number of aliphatic carboxylic acids is 1. The number of carboxylic acids is 1. The Bertz CT molecular complexity index is 999. The van der Waals surface area contributed by atoms with Gasteiger partial charge < -0.3 is 24.8 Å². The Hall–Kier alpha value is -3.24. The first-order valence-electron chi connectivity index (χ1n) is 11.0. The molecule has 0 saturated carbocycles.